The van der Waals surface area contributed by atoms with Crippen LogP contribution in [0.2, 0.25) is 0 Å². The first-order valence-electron chi connectivity index (χ1n) is 5.96. The van der Waals surface area contributed by atoms with Gasteiger partial charge in [0.1, 0.15) is 5.75 Å². The molecule has 0 aliphatic heterocycles. The van der Waals surface area contributed by atoms with E-state index in [1.807, 2.05) is 12.1 Å². The van der Waals surface area contributed by atoms with Crippen LogP contribution in [0, 0.1) is 17.2 Å². The van der Waals surface area contributed by atoms with Crippen LogP contribution in [-0.2, 0) is 14.1 Å². The van der Waals surface area contributed by atoms with Crippen LogP contribution in [0.15, 0.2) is 30.3 Å². The molecular formula is C13H20ClN2O5+. The van der Waals surface area contributed by atoms with E-state index >= 15 is 0 Å². The molecule has 8 heteroatoms. The van der Waals surface area contributed by atoms with E-state index in [-0.39, 0.29) is 0 Å². The second-order valence-corrected chi connectivity index (χ2v) is 5.25. The van der Waals surface area contributed by atoms with Gasteiger partial charge in [0.2, 0.25) is 5.69 Å². The molecule has 7 nitrogen and oxygen atoms in total. The third kappa shape index (κ3) is 5.33. The van der Waals surface area contributed by atoms with Crippen LogP contribution in [-0.4, -0.2) is 25.8 Å². The zero-order valence-electron chi connectivity index (χ0n) is 12.3. The molecular weight excluding hydrogens is 300 g/mol. The molecule has 0 bridgehead atoms. The average Bonchev–Trinajstić information content (AvgIpc) is 2.65. The Hall–Kier alpha value is -1.64. The molecule has 0 spiro atoms. The molecule has 0 radical (unpaired) electrons. The molecule has 118 valence electrons. The summed E-state index contributed by atoms with van der Waals surface area (Å²) < 4.78 is 39.6. The van der Waals surface area contributed by atoms with Crippen molar-refractivity contribution < 1.29 is 38.3 Å². The van der Waals surface area contributed by atoms with Crippen molar-refractivity contribution in [2.45, 2.75) is 6.92 Å². The van der Waals surface area contributed by atoms with Crippen molar-refractivity contribution in [3.63, 3.8) is 0 Å². The summed E-state index contributed by atoms with van der Waals surface area (Å²) in [5.41, 5.74) is 3.66. The summed E-state index contributed by atoms with van der Waals surface area (Å²) >= 11 is 0. The predicted octanol–water partition coefficient (Wildman–Crippen LogP) is -1.03. The van der Waals surface area contributed by atoms with Crippen LogP contribution in [0.4, 0.5) is 0 Å². The molecule has 2 aromatic rings. The Morgan fingerprint density at radius 3 is 2.00 bits per heavy atom. The van der Waals surface area contributed by atoms with E-state index in [0.29, 0.717) is 0 Å². The van der Waals surface area contributed by atoms with Crippen molar-refractivity contribution in [2.75, 3.05) is 7.11 Å². The zero-order valence-corrected chi connectivity index (χ0v) is 13.1. The molecule has 0 fully saturated rings. The van der Waals surface area contributed by atoms with Gasteiger partial charge in [0.05, 0.1) is 19.9 Å². The molecule has 0 amide bonds. The minimum atomic E-state index is -4.19. The van der Waals surface area contributed by atoms with E-state index in [2.05, 4.69) is 48.6 Å². The Balaban J connectivity index is 0.000000383. The van der Waals surface area contributed by atoms with Crippen LogP contribution >= 0.6 is 0 Å². The van der Waals surface area contributed by atoms with Crippen molar-refractivity contribution in [1.29, 1.82) is 0 Å². The van der Waals surface area contributed by atoms with Gasteiger partial charge in [0, 0.05) is 11.6 Å². The monoisotopic (exact) mass is 319 g/mol. The van der Waals surface area contributed by atoms with Gasteiger partial charge < -0.3 is 4.74 Å². The number of nitrogens with zero attached hydrogens (tertiary/aromatic N) is 2. The number of halogens is 1. The Labute approximate surface area is 125 Å². The third-order valence-corrected chi connectivity index (χ3v) is 3.04. The topological polar surface area (TPSA) is 102 Å². The van der Waals surface area contributed by atoms with Gasteiger partial charge in [0.25, 0.3) is 0 Å². The van der Waals surface area contributed by atoms with E-state index in [4.69, 9.17) is 23.4 Å². The van der Waals surface area contributed by atoms with Gasteiger partial charge >= 0.3 is 28.9 Å². The normalized spacial score (nSPS) is 11.6. The Kier molecular flexibility index (Phi) is 5.70. The molecule has 0 atom stereocenters. The first-order valence-corrected chi connectivity index (χ1v) is 7.29. The van der Waals surface area contributed by atoms with Crippen LogP contribution in [0.25, 0.3) is 11.3 Å². The fraction of sp³-hybridized carbons (Fsp3) is 0.308. The van der Waals surface area contributed by atoms with Crippen molar-refractivity contribution in [2.24, 2.45) is 14.1 Å². The SMILES string of the molecule is COc1ccc(-c2cc(C)n(C)[n+]2C)cc1.[O-][Cl+](O)(O)O. The number of aryl methyl sites for hydroxylation is 1. The minimum absolute atomic E-state index is 0.888. The van der Waals surface area contributed by atoms with Gasteiger partial charge in [-0.15, -0.1) is 4.68 Å². The molecule has 3 N–H and O–H groups in total. The fourth-order valence-corrected chi connectivity index (χ4v) is 1.81. The summed E-state index contributed by atoms with van der Waals surface area (Å²) in [6, 6.07) is 10.3. The van der Waals surface area contributed by atoms with Gasteiger partial charge in [-0.05, 0) is 31.2 Å². The number of methoxy groups -OCH3 is 1. The number of rotatable bonds is 2. The maximum absolute atomic E-state index is 8.83. The van der Waals surface area contributed by atoms with Crippen molar-refractivity contribution in [3.05, 3.63) is 36.0 Å². The van der Waals surface area contributed by atoms with E-state index in [0.717, 1.165) is 5.75 Å². The molecule has 0 aliphatic carbocycles. The number of aromatic nitrogens is 2. The molecule has 0 aliphatic rings. The summed E-state index contributed by atoms with van der Waals surface area (Å²) in [6.45, 7) is 2.10. The Morgan fingerprint density at radius 2 is 1.67 bits per heavy atom. The van der Waals surface area contributed by atoms with E-state index in [1.54, 1.807) is 7.11 Å². The second-order valence-electron chi connectivity index (χ2n) is 4.38. The average molecular weight is 320 g/mol. The van der Waals surface area contributed by atoms with Crippen molar-refractivity contribution in [3.8, 4) is 17.0 Å². The molecule has 1 aromatic heterocycles. The van der Waals surface area contributed by atoms with Crippen molar-refractivity contribution >= 4 is 0 Å². The number of ether oxygens (including phenoxy) is 1. The standard InChI is InChI=1S/C13H17N2O.ClH3O4/c1-10-9-13(15(3)14(10)2)11-5-7-12(16-4)8-6-11;2-1(3,4)5/h5-9H,1-4H3;2-4H/q+1;. The first-order chi connectivity index (χ1) is 9.63. The van der Waals surface area contributed by atoms with Crippen LogP contribution in [0.5, 0.6) is 5.75 Å². The van der Waals surface area contributed by atoms with Crippen LogP contribution in [0.3, 0.4) is 0 Å². The molecule has 0 unspecified atom stereocenters. The van der Waals surface area contributed by atoms with E-state index in [9.17, 15) is 0 Å². The Bertz CT molecular complexity index is 584. The molecule has 1 aromatic carbocycles. The second kappa shape index (κ2) is 6.88. The summed E-state index contributed by atoms with van der Waals surface area (Å²) in [5, 5.41) is 0. The molecule has 0 saturated carbocycles. The summed E-state index contributed by atoms with van der Waals surface area (Å²) in [4.78, 5) is 0. The number of hydrogen-bond acceptors (Lipinski definition) is 5. The summed E-state index contributed by atoms with van der Waals surface area (Å²) in [7, 11) is 1.61. The van der Waals surface area contributed by atoms with Gasteiger partial charge in [0.15, 0.2) is 7.05 Å². The predicted molar refractivity (Wildman–Crippen MR) is 70.0 cm³/mol. The first kappa shape index (κ1) is 17.4. The van der Waals surface area contributed by atoms with E-state index in [1.165, 1.54) is 17.0 Å². The summed E-state index contributed by atoms with van der Waals surface area (Å²) in [6.07, 6.45) is 0. The number of hydrogen-bond donors (Lipinski definition) is 3. The van der Waals surface area contributed by atoms with Crippen LogP contribution < -0.4 is 14.1 Å². The van der Waals surface area contributed by atoms with Gasteiger partial charge in [-0.2, -0.15) is 4.68 Å². The van der Waals surface area contributed by atoms with Crippen LogP contribution in [0.1, 0.15) is 5.69 Å². The maximum atomic E-state index is 8.83. The zero-order chi connectivity index (χ0) is 16.2. The molecule has 2 rings (SSSR count). The van der Waals surface area contributed by atoms with Crippen molar-refractivity contribution in [1.82, 2.24) is 4.68 Å². The molecule has 0 saturated heterocycles. The quantitative estimate of drug-likeness (QED) is 0.615. The van der Waals surface area contributed by atoms with Gasteiger partial charge in [-0.1, -0.05) is 0 Å². The third-order valence-electron chi connectivity index (χ3n) is 3.04. The number of benzene rings is 1. The van der Waals surface area contributed by atoms with Gasteiger partial charge in [-0.25, -0.2) is 0 Å². The Morgan fingerprint density at radius 1 is 1.19 bits per heavy atom. The fourth-order valence-electron chi connectivity index (χ4n) is 1.81. The van der Waals surface area contributed by atoms with E-state index < -0.39 is 10.2 Å². The van der Waals surface area contributed by atoms with Gasteiger partial charge in [-0.3, -0.25) is 0 Å². The molecule has 21 heavy (non-hydrogen) atoms. The molecule has 1 heterocycles. The summed E-state index contributed by atoms with van der Waals surface area (Å²) in [5.74, 6) is 0.888.